The van der Waals surface area contributed by atoms with E-state index in [0.717, 1.165) is 25.4 Å². The fourth-order valence-corrected chi connectivity index (χ4v) is 2.32. The highest BCUT2D eigenvalue weighted by Gasteiger charge is 2.24. The maximum absolute atomic E-state index is 5.79. The van der Waals surface area contributed by atoms with Crippen molar-refractivity contribution in [2.45, 2.75) is 18.9 Å². The number of fused-ring (bicyclic) bond motifs is 1. The van der Waals surface area contributed by atoms with Crippen molar-refractivity contribution < 1.29 is 4.74 Å². The SMILES string of the molecule is CC(N)CN(C)CC1COc2ccccc21. The predicted molar refractivity (Wildman–Crippen MR) is 65.8 cm³/mol. The summed E-state index contributed by atoms with van der Waals surface area (Å²) in [5, 5.41) is 0. The van der Waals surface area contributed by atoms with E-state index in [2.05, 4.69) is 24.1 Å². The van der Waals surface area contributed by atoms with Gasteiger partial charge in [0.15, 0.2) is 0 Å². The normalized spacial score (nSPS) is 20.6. The van der Waals surface area contributed by atoms with Crippen LogP contribution in [0.4, 0.5) is 0 Å². The van der Waals surface area contributed by atoms with E-state index >= 15 is 0 Å². The maximum atomic E-state index is 5.79. The van der Waals surface area contributed by atoms with Gasteiger partial charge in [-0.05, 0) is 20.0 Å². The molecular formula is C13H20N2O. The molecule has 1 aliphatic rings. The highest BCUT2D eigenvalue weighted by molar-refractivity contribution is 5.39. The minimum atomic E-state index is 0.225. The molecule has 1 aromatic rings. The van der Waals surface area contributed by atoms with Gasteiger partial charge in [0, 0.05) is 30.6 Å². The number of para-hydroxylation sites is 1. The maximum Gasteiger partial charge on any atom is 0.122 e. The Bertz CT molecular complexity index is 352. The lowest BCUT2D eigenvalue weighted by molar-refractivity contribution is 0.259. The molecule has 2 N–H and O–H groups in total. The topological polar surface area (TPSA) is 38.5 Å². The van der Waals surface area contributed by atoms with Crippen molar-refractivity contribution in [2.24, 2.45) is 5.73 Å². The third-order valence-corrected chi connectivity index (χ3v) is 2.93. The minimum Gasteiger partial charge on any atom is -0.493 e. The lowest BCUT2D eigenvalue weighted by Gasteiger charge is -2.21. The van der Waals surface area contributed by atoms with E-state index in [4.69, 9.17) is 10.5 Å². The second kappa shape index (κ2) is 4.85. The zero-order valence-corrected chi connectivity index (χ0v) is 10.0. The van der Waals surface area contributed by atoms with Crippen LogP contribution < -0.4 is 10.5 Å². The molecule has 0 radical (unpaired) electrons. The number of likely N-dealkylation sites (N-methyl/N-ethyl adjacent to an activating group) is 1. The molecular weight excluding hydrogens is 200 g/mol. The van der Waals surface area contributed by atoms with Gasteiger partial charge < -0.3 is 15.4 Å². The molecule has 0 spiro atoms. The summed E-state index contributed by atoms with van der Waals surface area (Å²) in [5.41, 5.74) is 7.12. The molecule has 2 unspecified atom stereocenters. The number of hydrogen-bond acceptors (Lipinski definition) is 3. The first kappa shape index (κ1) is 11.4. The third-order valence-electron chi connectivity index (χ3n) is 2.93. The highest BCUT2D eigenvalue weighted by Crippen LogP contribution is 2.33. The smallest absolute Gasteiger partial charge is 0.122 e. The van der Waals surface area contributed by atoms with Crippen molar-refractivity contribution in [1.82, 2.24) is 4.90 Å². The number of hydrogen-bond donors (Lipinski definition) is 1. The Kier molecular flexibility index (Phi) is 3.46. The van der Waals surface area contributed by atoms with Crippen molar-refractivity contribution >= 4 is 0 Å². The molecule has 0 aromatic heterocycles. The lowest BCUT2D eigenvalue weighted by Crippen LogP contribution is -2.35. The van der Waals surface area contributed by atoms with Crippen molar-refractivity contribution in [1.29, 1.82) is 0 Å². The number of benzene rings is 1. The van der Waals surface area contributed by atoms with Crippen molar-refractivity contribution in [3.05, 3.63) is 29.8 Å². The van der Waals surface area contributed by atoms with Gasteiger partial charge in [-0.15, -0.1) is 0 Å². The van der Waals surface area contributed by atoms with Gasteiger partial charge >= 0.3 is 0 Å². The first-order valence-electron chi connectivity index (χ1n) is 5.82. The van der Waals surface area contributed by atoms with E-state index in [1.54, 1.807) is 0 Å². The summed E-state index contributed by atoms with van der Waals surface area (Å²) < 4.78 is 5.66. The summed E-state index contributed by atoms with van der Waals surface area (Å²) in [4.78, 5) is 2.28. The Morgan fingerprint density at radius 1 is 1.50 bits per heavy atom. The molecule has 88 valence electrons. The van der Waals surface area contributed by atoms with Crippen LogP contribution >= 0.6 is 0 Å². The van der Waals surface area contributed by atoms with Gasteiger partial charge in [0.05, 0.1) is 6.61 Å². The van der Waals surface area contributed by atoms with Crippen LogP contribution in [0.15, 0.2) is 24.3 Å². The fourth-order valence-electron chi connectivity index (χ4n) is 2.32. The molecule has 0 aliphatic carbocycles. The Morgan fingerprint density at radius 2 is 2.25 bits per heavy atom. The molecule has 0 saturated heterocycles. The second-order valence-corrected chi connectivity index (χ2v) is 4.74. The summed E-state index contributed by atoms with van der Waals surface area (Å²) in [6.45, 7) is 4.77. The number of nitrogens with two attached hydrogens (primary N) is 1. The molecule has 2 rings (SSSR count). The second-order valence-electron chi connectivity index (χ2n) is 4.74. The van der Waals surface area contributed by atoms with Crippen molar-refractivity contribution in [3.63, 3.8) is 0 Å². The molecule has 3 heteroatoms. The van der Waals surface area contributed by atoms with E-state index in [0.29, 0.717) is 5.92 Å². The number of rotatable bonds is 4. The first-order chi connectivity index (χ1) is 7.66. The van der Waals surface area contributed by atoms with Crippen LogP contribution in [0.3, 0.4) is 0 Å². The van der Waals surface area contributed by atoms with Crippen LogP contribution in [0.1, 0.15) is 18.4 Å². The Labute approximate surface area is 97.2 Å². The van der Waals surface area contributed by atoms with E-state index in [1.165, 1.54) is 5.56 Å². The number of ether oxygens (including phenoxy) is 1. The van der Waals surface area contributed by atoms with Gasteiger partial charge in [-0.1, -0.05) is 18.2 Å². The molecule has 0 fully saturated rings. The fraction of sp³-hybridized carbons (Fsp3) is 0.538. The lowest BCUT2D eigenvalue weighted by atomic mass is 10.0. The Morgan fingerprint density at radius 3 is 3.00 bits per heavy atom. The highest BCUT2D eigenvalue weighted by atomic mass is 16.5. The molecule has 2 atom stereocenters. The van der Waals surface area contributed by atoms with Gasteiger partial charge in [0.2, 0.25) is 0 Å². The summed E-state index contributed by atoms with van der Waals surface area (Å²) in [6, 6.07) is 8.52. The van der Waals surface area contributed by atoms with Gasteiger partial charge in [-0.3, -0.25) is 0 Å². The summed E-state index contributed by atoms with van der Waals surface area (Å²) in [6.07, 6.45) is 0. The van der Waals surface area contributed by atoms with E-state index in [1.807, 2.05) is 19.1 Å². The van der Waals surface area contributed by atoms with E-state index in [-0.39, 0.29) is 6.04 Å². The summed E-state index contributed by atoms with van der Waals surface area (Å²) in [7, 11) is 2.12. The van der Waals surface area contributed by atoms with Crippen LogP contribution in [0, 0.1) is 0 Å². The average molecular weight is 220 g/mol. The van der Waals surface area contributed by atoms with E-state index < -0.39 is 0 Å². The largest absolute Gasteiger partial charge is 0.493 e. The van der Waals surface area contributed by atoms with Crippen LogP contribution in [0.5, 0.6) is 5.75 Å². The zero-order chi connectivity index (χ0) is 11.5. The molecule has 0 bridgehead atoms. The van der Waals surface area contributed by atoms with Crippen molar-refractivity contribution in [3.8, 4) is 5.75 Å². The first-order valence-corrected chi connectivity index (χ1v) is 5.82. The molecule has 0 saturated carbocycles. The van der Waals surface area contributed by atoms with Crippen LogP contribution in [-0.2, 0) is 0 Å². The van der Waals surface area contributed by atoms with Gasteiger partial charge in [-0.2, -0.15) is 0 Å². The summed E-state index contributed by atoms with van der Waals surface area (Å²) >= 11 is 0. The zero-order valence-electron chi connectivity index (χ0n) is 10.0. The third kappa shape index (κ3) is 2.54. The molecule has 1 aliphatic heterocycles. The summed E-state index contributed by atoms with van der Waals surface area (Å²) in [5.74, 6) is 1.53. The van der Waals surface area contributed by atoms with Gasteiger partial charge in [-0.25, -0.2) is 0 Å². The Hall–Kier alpha value is -1.06. The quantitative estimate of drug-likeness (QED) is 0.834. The van der Waals surface area contributed by atoms with Crippen LogP contribution in [0.25, 0.3) is 0 Å². The van der Waals surface area contributed by atoms with Gasteiger partial charge in [0.25, 0.3) is 0 Å². The van der Waals surface area contributed by atoms with Gasteiger partial charge in [0.1, 0.15) is 5.75 Å². The molecule has 3 nitrogen and oxygen atoms in total. The molecule has 1 heterocycles. The predicted octanol–water partition coefficient (Wildman–Crippen LogP) is 1.44. The Balaban J connectivity index is 1.98. The minimum absolute atomic E-state index is 0.225. The molecule has 16 heavy (non-hydrogen) atoms. The molecule has 1 aromatic carbocycles. The van der Waals surface area contributed by atoms with Crippen molar-refractivity contribution in [2.75, 3.05) is 26.7 Å². The standard InChI is InChI=1S/C13H20N2O/c1-10(14)7-15(2)8-11-9-16-13-6-4-3-5-12(11)13/h3-6,10-11H,7-9,14H2,1-2H3. The van der Waals surface area contributed by atoms with E-state index in [9.17, 15) is 0 Å². The van der Waals surface area contributed by atoms with Crippen LogP contribution in [0.2, 0.25) is 0 Å². The average Bonchev–Trinajstić information content (AvgIpc) is 2.61. The number of nitrogens with zero attached hydrogens (tertiary/aromatic N) is 1. The molecule has 0 amide bonds. The van der Waals surface area contributed by atoms with Crippen LogP contribution in [-0.4, -0.2) is 37.7 Å². The monoisotopic (exact) mass is 220 g/mol.